The van der Waals surface area contributed by atoms with E-state index in [4.69, 9.17) is 14.8 Å². The molecule has 0 fully saturated rings. The number of hydrogen-bond donors (Lipinski definition) is 3. The van der Waals surface area contributed by atoms with E-state index in [1.807, 2.05) is 0 Å². The SMILES string of the molecule is Nc1cccc2c(OS(=O)(=O)O)c3ccccc3c(OS(=O)(=O)O)c12.[Na]. The zero-order valence-corrected chi connectivity index (χ0v) is 16.9. The van der Waals surface area contributed by atoms with Gasteiger partial charge >= 0.3 is 20.8 Å². The van der Waals surface area contributed by atoms with Crippen LogP contribution in [-0.2, 0) is 20.8 Å². The number of benzene rings is 3. The van der Waals surface area contributed by atoms with Crippen LogP contribution in [0.25, 0.3) is 21.5 Å². The first-order valence-corrected chi connectivity index (χ1v) is 9.36. The molecule has 0 atom stereocenters. The average molecular weight is 408 g/mol. The number of nitrogen functional groups attached to an aromatic ring is 1. The van der Waals surface area contributed by atoms with Gasteiger partial charge in [-0.25, -0.2) is 0 Å². The fourth-order valence-corrected chi connectivity index (χ4v) is 3.33. The Balaban J connectivity index is 0.00000243. The number of rotatable bonds is 4. The first-order valence-electron chi connectivity index (χ1n) is 6.63. The van der Waals surface area contributed by atoms with Crippen molar-refractivity contribution in [3.05, 3.63) is 42.5 Å². The van der Waals surface area contributed by atoms with Crippen molar-refractivity contribution >= 4 is 77.6 Å². The van der Waals surface area contributed by atoms with Gasteiger partial charge in [-0.3, -0.25) is 9.11 Å². The van der Waals surface area contributed by atoms with E-state index >= 15 is 0 Å². The summed E-state index contributed by atoms with van der Waals surface area (Å²) < 4.78 is 72.4. The van der Waals surface area contributed by atoms with E-state index in [1.165, 1.54) is 42.5 Å². The Hall–Kier alpha value is -1.60. The number of nitrogens with two attached hydrogens (primary N) is 1. The predicted molar refractivity (Wildman–Crippen MR) is 96.0 cm³/mol. The summed E-state index contributed by atoms with van der Waals surface area (Å²) in [6.07, 6.45) is 0. The molecule has 0 aliphatic heterocycles. The average Bonchev–Trinajstić information content (AvgIpc) is 2.48. The molecule has 1 radical (unpaired) electrons. The van der Waals surface area contributed by atoms with Crippen LogP contribution in [0.3, 0.4) is 0 Å². The molecule has 26 heavy (non-hydrogen) atoms. The summed E-state index contributed by atoms with van der Waals surface area (Å²) in [5, 5.41) is 0.286. The molecule has 0 bridgehead atoms. The molecule has 0 unspecified atom stereocenters. The van der Waals surface area contributed by atoms with E-state index in [9.17, 15) is 16.8 Å². The topological polar surface area (TPSA) is 153 Å². The summed E-state index contributed by atoms with van der Waals surface area (Å²) in [7, 11) is -9.76. The summed E-state index contributed by atoms with van der Waals surface area (Å²) in [6.45, 7) is 0. The Labute approximate surface area is 170 Å². The minimum absolute atomic E-state index is 0. The maximum atomic E-state index is 11.2. The fourth-order valence-electron chi connectivity index (χ4n) is 2.56. The van der Waals surface area contributed by atoms with Crippen molar-refractivity contribution in [3.63, 3.8) is 0 Å². The molecule has 0 aliphatic carbocycles. The molecule has 3 rings (SSSR count). The molecular formula is C14H11NNaO8S2. The van der Waals surface area contributed by atoms with Crippen LogP contribution in [0.1, 0.15) is 0 Å². The Bertz CT molecular complexity index is 1210. The smallest absolute Gasteiger partial charge is 0.398 e. The molecule has 0 spiro atoms. The summed E-state index contributed by atoms with van der Waals surface area (Å²) >= 11 is 0. The summed E-state index contributed by atoms with van der Waals surface area (Å²) in [4.78, 5) is 0. The molecule has 133 valence electrons. The van der Waals surface area contributed by atoms with Gasteiger partial charge in [0.2, 0.25) is 0 Å². The van der Waals surface area contributed by atoms with Crippen LogP contribution >= 0.6 is 0 Å². The van der Waals surface area contributed by atoms with Crippen LogP contribution in [0.5, 0.6) is 11.5 Å². The largest absolute Gasteiger partial charge is 0.446 e. The van der Waals surface area contributed by atoms with E-state index in [0.29, 0.717) is 0 Å². The van der Waals surface area contributed by atoms with Crippen LogP contribution < -0.4 is 14.1 Å². The van der Waals surface area contributed by atoms with Gasteiger partial charge < -0.3 is 14.1 Å². The molecule has 0 saturated carbocycles. The summed E-state index contributed by atoms with van der Waals surface area (Å²) in [5.41, 5.74) is 5.92. The van der Waals surface area contributed by atoms with Crippen molar-refractivity contribution in [2.45, 2.75) is 0 Å². The summed E-state index contributed by atoms with van der Waals surface area (Å²) in [6, 6.07) is 10.2. The Kier molecular flexibility index (Phi) is 5.73. The van der Waals surface area contributed by atoms with Crippen molar-refractivity contribution in [2.75, 3.05) is 5.73 Å². The molecule has 12 heteroatoms. The van der Waals surface area contributed by atoms with Crippen LogP contribution in [0.4, 0.5) is 5.69 Å². The normalized spacial score (nSPS) is 11.9. The first-order chi connectivity index (χ1) is 11.6. The van der Waals surface area contributed by atoms with Crippen LogP contribution in [0.2, 0.25) is 0 Å². The molecular weight excluding hydrogens is 397 g/mol. The number of anilines is 1. The second-order valence-electron chi connectivity index (χ2n) is 5.00. The van der Waals surface area contributed by atoms with E-state index in [2.05, 4.69) is 8.37 Å². The van der Waals surface area contributed by atoms with Crippen LogP contribution in [-0.4, -0.2) is 55.5 Å². The third-order valence-electron chi connectivity index (χ3n) is 3.36. The van der Waals surface area contributed by atoms with Gasteiger partial charge in [-0.05, 0) is 6.07 Å². The van der Waals surface area contributed by atoms with Crippen molar-refractivity contribution in [1.29, 1.82) is 0 Å². The maximum Gasteiger partial charge on any atom is 0.446 e. The molecule has 0 aliphatic rings. The first kappa shape index (κ1) is 20.7. The second-order valence-corrected chi connectivity index (χ2v) is 7.04. The molecule has 3 aromatic carbocycles. The van der Waals surface area contributed by atoms with Gasteiger partial charge in [0.15, 0.2) is 11.5 Å². The van der Waals surface area contributed by atoms with Crippen molar-refractivity contribution in [2.24, 2.45) is 0 Å². The fraction of sp³-hybridized carbons (Fsp3) is 0. The van der Waals surface area contributed by atoms with Crippen molar-refractivity contribution < 1.29 is 34.3 Å². The summed E-state index contributed by atoms with van der Waals surface area (Å²) in [5.74, 6) is -0.558. The van der Waals surface area contributed by atoms with Crippen LogP contribution in [0, 0.1) is 0 Å². The monoisotopic (exact) mass is 408 g/mol. The molecule has 4 N–H and O–H groups in total. The van der Waals surface area contributed by atoms with Gasteiger partial charge in [0.1, 0.15) is 0 Å². The molecule has 3 aromatic rings. The van der Waals surface area contributed by atoms with Gasteiger partial charge in [0, 0.05) is 51.4 Å². The van der Waals surface area contributed by atoms with Crippen molar-refractivity contribution in [3.8, 4) is 11.5 Å². The molecule has 0 amide bonds. The van der Waals surface area contributed by atoms with Gasteiger partial charge in [-0.2, -0.15) is 16.8 Å². The van der Waals surface area contributed by atoms with Crippen molar-refractivity contribution in [1.82, 2.24) is 0 Å². The molecule has 0 aromatic heterocycles. The van der Waals surface area contributed by atoms with E-state index in [0.717, 1.165) is 0 Å². The molecule has 0 saturated heterocycles. The minimum Gasteiger partial charge on any atom is -0.398 e. The molecule has 0 heterocycles. The zero-order chi connectivity index (χ0) is 18.4. The number of fused-ring (bicyclic) bond motifs is 2. The van der Waals surface area contributed by atoms with Gasteiger partial charge in [0.05, 0.1) is 5.39 Å². The van der Waals surface area contributed by atoms with Gasteiger partial charge in [-0.15, -0.1) is 0 Å². The van der Waals surface area contributed by atoms with E-state index in [-0.39, 0.29) is 68.3 Å². The zero-order valence-electron chi connectivity index (χ0n) is 13.3. The quantitative estimate of drug-likeness (QED) is 0.252. The standard InChI is InChI=1S/C14H11NO8S2.Na/c15-11-7-3-6-10-12(11)14(23-25(19,20)21)9-5-2-1-4-8(9)13(10)22-24(16,17)18;/h1-7H,15H2,(H,16,17,18)(H,19,20,21);. The van der Waals surface area contributed by atoms with E-state index in [1.54, 1.807) is 0 Å². The van der Waals surface area contributed by atoms with Gasteiger partial charge in [0.25, 0.3) is 0 Å². The minimum atomic E-state index is -4.89. The van der Waals surface area contributed by atoms with Crippen LogP contribution in [0.15, 0.2) is 42.5 Å². The van der Waals surface area contributed by atoms with E-state index < -0.39 is 20.8 Å². The number of hydrogen-bond acceptors (Lipinski definition) is 7. The Morgan fingerprint density at radius 3 is 1.73 bits per heavy atom. The molecule has 9 nitrogen and oxygen atoms in total. The Morgan fingerprint density at radius 2 is 1.19 bits per heavy atom. The third kappa shape index (κ3) is 4.20. The maximum absolute atomic E-state index is 11.2. The predicted octanol–water partition coefficient (Wildman–Crippen LogP) is 1.56. The third-order valence-corrected chi connectivity index (χ3v) is 4.12. The second kappa shape index (κ2) is 7.19. The Morgan fingerprint density at radius 1 is 0.731 bits per heavy atom. The van der Waals surface area contributed by atoms with Gasteiger partial charge in [-0.1, -0.05) is 36.4 Å².